The number of para-hydroxylation sites is 2. The minimum Gasteiger partial charge on any atom is -0.494 e. The maximum atomic E-state index is 12.5. The number of benzene rings is 3. The van der Waals surface area contributed by atoms with E-state index in [1.807, 2.05) is 48.5 Å². The average Bonchev–Trinajstić information content (AvgIpc) is 2.85. The van der Waals surface area contributed by atoms with Crippen LogP contribution in [-0.4, -0.2) is 37.5 Å². The van der Waals surface area contributed by atoms with Gasteiger partial charge in [0, 0.05) is 17.8 Å². The van der Waals surface area contributed by atoms with E-state index < -0.39 is 0 Å². The van der Waals surface area contributed by atoms with Crippen molar-refractivity contribution < 1.29 is 23.9 Å². The number of nitrogens with one attached hydrogen (secondary N) is 2. The predicted molar refractivity (Wildman–Crippen MR) is 129 cm³/mol. The van der Waals surface area contributed by atoms with Gasteiger partial charge >= 0.3 is 0 Å². The van der Waals surface area contributed by atoms with Gasteiger partial charge in [-0.15, -0.1) is 0 Å². The largest absolute Gasteiger partial charge is 0.494 e. The van der Waals surface area contributed by atoms with Crippen molar-refractivity contribution in [2.45, 2.75) is 12.8 Å². The number of ether oxygens (including phenoxy) is 2. The Balaban J connectivity index is 1.34. The highest BCUT2D eigenvalue weighted by Crippen LogP contribution is 2.34. The topological polar surface area (TPSA) is 97.0 Å². The summed E-state index contributed by atoms with van der Waals surface area (Å²) in [6, 6.07) is 23.5. The van der Waals surface area contributed by atoms with Crippen LogP contribution in [0.1, 0.15) is 12.8 Å². The first-order valence-electron chi connectivity index (χ1n) is 11.0. The summed E-state index contributed by atoms with van der Waals surface area (Å²) in [5.74, 6) is 0.394. The van der Waals surface area contributed by atoms with Crippen molar-refractivity contribution in [3.8, 4) is 11.5 Å². The maximum absolute atomic E-state index is 12.5. The zero-order chi connectivity index (χ0) is 23.8. The highest BCUT2D eigenvalue weighted by Gasteiger charge is 2.28. The van der Waals surface area contributed by atoms with Crippen LogP contribution in [0, 0.1) is 0 Å². The smallest absolute Gasteiger partial charge is 0.265 e. The van der Waals surface area contributed by atoms with E-state index >= 15 is 0 Å². The minimum atomic E-state index is -0.336. The molecule has 3 aromatic rings. The lowest BCUT2D eigenvalue weighted by atomic mass is 10.2. The zero-order valence-corrected chi connectivity index (χ0v) is 18.5. The van der Waals surface area contributed by atoms with Gasteiger partial charge in [0.2, 0.25) is 11.8 Å². The van der Waals surface area contributed by atoms with Crippen LogP contribution < -0.4 is 25.0 Å². The van der Waals surface area contributed by atoms with Gasteiger partial charge < -0.3 is 20.1 Å². The Hall–Kier alpha value is -4.33. The first-order chi connectivity index (χ1) is 16.6. The van der Waals surface area contributed by atoms with Crippen LogP contribution in [0.15, 0.2) is 78.9 Å². The van der Waals surface area contributed by atoms with Crippen molar-refractivity contribution in [1.82, 2.24) is 0 Å². The number of fused-ring (bicyclic) bond motifs is 1. The Morgan fingerprint density at radius 3 is 2.35 bits per heavy atom. The molecule has 2 N–H and O–H groups in total. The van der Waals surface area contributed by atoms with Crippen LogP contribution in [0.3, 0.4) is 0 Å². The summed E-state index contributed by atoms with van der Waals surface area (Å²) in [5.41, 5.74) is 1.59. The molecule has 0 atom stereocenters. The molecular weight excluding hydrogens is 434 g/mol. The van der Waals surface area contributed by atoms with Gasteiger partial charge in [0.15, 0.2) is 6.61 Å². The number of amides is 3. The molecule has 3 aromatic carbocycles. The van der Waals surface area contributed by atoms with Crippen molar-refractivity contribution >= 4 is 34.8 Å². The van der Waals surface area contributed by atoms with Crippen LogP contribution in [-0.2, 0) is 14.4 Å². The second-order valence-corrected chi connectivity index (χ2v) is 7.68. The summed E-state index contributed by atoms with van der Waals surface area (Å²) in [6.07, 6.45) is 0.835. The van der Waals surface area contributed by atoms with Gasteiger partial charge in [-0.2, -0.15) is 0 Å². The summed E-state index contributed by atoms with van der Waals surface area (Å²) >= 11 is 0. The van der Waals surface area contributed by atoms with Crippen LogP contribution in [0.25, 0.3) is 0 Å². The lowest BCUT2D eigenvalue weighted by molar-refractivity contribution is -0.123. The Labute approximate surface area is 197 Å². The lowest BCUT2D eigenvalue weighted by Gasteiger charge is -2.29. The van der Waals surface area contributed by atoms with E-state index in [1.54, 1.807) is 30.3 Å². The first-order valence-corrected chi connectivity index (χ1v) is 11.0. The molecule has 34 heavy (non-hydrogen) atoms. The molecule has 1 aliphatic heterocycles. The molecule has 8 heteroatoms. The van der Waals surface area contributed by atoms with Crippen molar-refractivity contribution in [2.24, 2.45) is 0 Å². The van der Waals surface area contributed by atoms with E-state index in [9.17, 15) is 14.4 Å². The molecule has 1 heterocycles. The Morgan fingerprint density at radius 2 is 1.59 bits per heavy atom. The molecule has 4 rings (SSSR count). The lowest BCUT2D eigenvalue weighted by Crippen LogP contribution is -2.43. The van der Waals surface area contributed by atoms with E-state index in [0.29, 0.717) is 35.8 Å². The van der Waals surface area contributed by atoms with Crippen molar-refractivity contribution in [3.05, 3.63) is 78.9 Å². The van der Waals surface area contributed by atoms with Gasteiger partial charge in [0.05, 0.1) is 12.3 Å². The highest BCUT2D eigenvalue weighted by molar-refractivity contribution is 6.05. The van der Waals surface area contributed by atoms with E-state index in [0.717, 1.165) is 5.75 Å². The number of rotatable bonds is 9. The standard InChI is InChI=1S/C26H25N3O5/c30-24(12-7-15-33-21-10-5-2-6-11-21)28-20-13-14-23-22(16-20)29(26(32)18-34-23)17-25(31)27-19-8-3-1-4-9-19/h1-6,8-11,13-14,16H,7,12,15,17-18H2,(H,27,31)(H,28,30). The minimum absolute atomic E-state index is 0.154. The number of nitrogens with zero attached hydrogens (tertiary/aromatic N) is 1. The van der Waals surface area contributed by atoms with Crippen LogP contribution in [0.4, 0.5) is 17.1 Å². The Bertz CT molecular complexity index is 1150. The number of carbonyl (C=O) groups excluding carboxylic acids is 3. The molecule has 0 aromatic heterocycles. The van der Waals surface area contributed by atoms with Gasteiger partial charge in [-0.3, -0.25) is 19.3 Å². The summed E-state index contributed by atoms with van der Waals surface area (Å²) in [7, 11) is 0. The number of carbonyl (C=O) groups is 3. The van der Waals surface area contributed by atoms with E-state index in [1.165, 1.54) is 4.90 Å². The molecule has 0 unspecified atom stereocenters. The summed E-state index contributed by atoms with van der Waals surface area (Å²) < 4.78 is 11.1. The number of hydrogen-bond donors (Lipinski definition) is 2. The van der Waals surface area contributed by atoms with E-state index in [2.05, 4.69) is 10.6 Å². The second-order valence-electron chi connectivity index (χ2n) is 7.68. The molecule has 0 saturated carbocycles. The molecule has 0 radical (unpaired) electrons. The van der Waals surface area contributed by atoms with Gasteiger partial charge in [-0.05, 0) is 48.9 Å². The summed E-state index contributed by atoms with van der Waals surface area (Å²) in [6.45, 7) is 0.102. The monoisotopic (exact) mass is 459 g/mol. The average molecular weight is 460 g/mol. The molecule has 0 bridgehead atoms. The van der Waals surface area contributed by atoms with Gasteiger partial charge in [0.25, 0.3) is 5.91 Å². The van der Waals surface area contributed by atoms with Gasteiger partial charge in [-0.25, -0.2) is 0 Å². The molecule has 1 aliphatic rings. The zero-order valence-electron chi connectivity index (χ0n) is 18.5. The summed E-state index contributed by atoms with van der Waals surface area (Å²) in [4.78, 5) is 38.7. The molecule has 0 fully saturated rings. The fourth-order valence-electron chi connectivity index (χ4n) is 3.48. The van der Waals surface area contributed by atoms with E-state index in [-0.39, 0.29) is 37.3 Å². The molecule has 0 aliphatic carbocycles. The maximum Gasteiger partial charge on any atom is 0.265 e. The molecule has 3 amide bonds. The molecule has 0 spiro atoms. The fourth-order valence-corrected chi connectivity index (χ4v) is 3.48. The molecule has 8 nitrogen and oxygen atoms in total. The predicted octanol–water partition coefficient (Wildman–Crippen LogP) is 3.85. The highest BCUT2D eigenvalue weighted by atomic mass is 16.5. The van der Waals surface area contributed by atoms with Crippen molar-refractivity contribution in [2.75, 3.05) is 35.3 Å². The Morgan fingerprint density at radius 1 is 0.882 bits per heavy atom. The van der Waals surface area contributed by atoms with Gasteiger partial charge in [-0.1, -0.05) is 36.4 Å². The number of anilines is 3. The van der Waals surface area contributed by atoms with Crippen molar-refractivity contribution in [3.63, 3.8) is 0 Å². The van der Waals surface area contributed by atoms with Crippen LogP contribution in [0.2, 0.25) is 0 Å². The second kappa shape index (κ2) is 11.0. The molecule has 0 saturated heterocycles. The third kappa shape index (κ3) is 6.13. The van der Waals surface area contributed by atoms with Crippen LogP contribution in [0.5, 0.6) is 11.5 Å². The SMILES string of the molecule is O=C(CCCOc1ccccc1)Nc1ccc2c(c1)N(CC(=O)Nc1ccccc1)C(=O)CO2. The normalized spacial score (nSPS) is 12.4. The third-order valence-corrected chi connectivity index (χ3v) is 5.11. The molecular formula is C26H25N3O5. The quantitative estimate of drug-likeness (QED) is 0.474. The Kier molecular flexibility index (Phi) is 7.39. The fraction of sp³-hybridized carbons (Fsp3) is 0.192. The third-order valence-electron chi connectivity index (χ3n) is 5.11. The van der Waals surface area contributed by atoms with Crippen LogP contribution >= 0.6 is 0 Å². The molecule has 174 valence electrons. The first kappa shape index (κ1) is 22.8. The number of hydrogen-bond acceptors (Lipinski definition) is 5. The van der Waals surface area contributed by atoms with Crippen molar-refractivity contribution in [1.29, 1.82) is 0 Å². The van der Waals surface area contributed by atoms with E-state index in [4.69, 9.17) is 9.47 Å². The summed E-state index contributed by atoms with van der Waals surface area (Å²) in [5, 5.41) is 5.60. The van der Waals surface area contributed by atoms with Gasteiger partial charge in [0.1, 0.15) is 18.0 Å².